The predicted molar refractivity (Wildman–Crippen MR) is 227 cm³/mol. The van der Waals surface area contributed by atoms with Gasteiger partial charge in [-0.25, -0.2) is 28.1 Å². The Balaban J connectivity index is 0.000000149. The minimum atomic E-state index is -0.766. The van der Waals surface area contributed by atoms with Crippen LogP contribution < -0.4 is 16.9 Å². The van der Waals surface area contributed by atoms with Gasteiger partial charge in [-0.15, -0.1) is 0 Å². The molecule has 9 rings (SSSR count). The second-order valence-electron chi connectivity index (χ2n) is 14.7. The summed E-state index contributed by atoms with van der Waals surface area (Å²) >= 11 is 3.22. The highest BCUT2D eigenvalue weighted by Crippen LogP contribution is 2.37. The molecular weight excluding hydrogens is 805 g/mol. The quantitative estimate of drug-likeness (QED) is 0.166. The zero-order valence-electron chi connectivity index (χ0n) is 32.7. The summed E-state index contributed by atoms with van der Waals surface area (Å²) in [6.07, 6.45) is 9.68. The Morgan fingerprint density at radius 1 is 0.638 bits per heavy atom. The monoisotopic (exact) mass is 844 g/mol. The lowest BCUT2D eigenvalue weighted by Crippen LogP contribution is -2.41. The van der Waals surface area contributed by atoms with Gasteiger partial charge in [0.15, 0.2) is 11.6 Å². The zero-order valence-corrected chi connectivity index (χ0v) is 34.2. The van der Waals surface area contributed by atoms with E-state index in [4.69, 9.17) is 20.8 Å². The third-order valence-corrected chi connectivity index (χ3v) is 10.3. The molecule has 1 saturated heterocycles. The Kier molecular flexibility index (Phi) is 11.1. The van der Waals surface area contributed by atoms with Crippen LogP contribution in [0.2, 0.25) is 0 Å². The first-order valence-electron chi connectivity index (χ1n) is 18.2. The lowest BCUT2D eigenvalue weighted by atomic mass is 9.78. The van der Waals surface area contributed by atoms with Crippen molar-refractivity contribution in [1.82, 2.24) is 39.5 Å². The van der Waals surface area contributed by atoms with Gasteiger partial charge in [-0.05, 0) is 118 Å². The van der Waals surface area contributed by atoms with Crippen molar-refractivity contribution < 1.29 is 18.1 Å². The number of nitrogens with zero attached hydrogens (tertiary/aromatic N) is 8. The number of hydrogen-bond donors (Lipinski definition) is 2. The Hall–Kier alpha value is -6.10. The molecule has 0 aliphatic carbocycles. The van der Waals surface area contributed by atoms with Gasteiger partial charge < -0.3 is 20.8 Å². The molecule has 0 saturated carbocycles. The predicted octanol–water partition coefficient (Wildman–Crippen LogP) is 8.11. The lowest BCUT2D eigenvalue weighted by Gasteiger charge is -2.32. The third-order valence-electron chi connectivity index (χ3n) is 9.83. The van der Waals surface area contributed by atoms with Gasteiger partial charge in [0, 0.05) is 68.0 Å². The van der Waals surface area contributed by atoms with E-state index < -0.39 is 18.3 Å². The highest BCUT2D eigenvalue weighted by atomic mass is 79.9. The van der Waals surface area contributed by atoms with E-state index in [1.54, 1.807) is 64.6 Å². The van der Waals surface area contributed by atoms with Crippen LogP contribution in [-0.2, 0) is 9.31 Å². The minimum absolute atomic E-state index is 0.341. The van der Waals surface area contributed by atoms with Crippen molar-refractivity contribution in [3.8, 4) is 22.8 Å². The summed E-state index contributed by atoms with van der Waals surface area (Å²) in [6.45, 7) is 11.6. The summed E-state index contributed by atoms with van der Waals surface area (Å²) in [5, 5.41) is 10.1. The van der Waals surface area contributed by atoms with E-state index in [0.717, 1.165) is 26.9 Å². The van der Waals surface area contributed by atoms with Gasteiger partial charge >= 0.3 is 7.12 Å². The van der Waals surface area contributed by atoms with E-state index in [9.17, 15) is 8.78 Å². The second kappa shape index (κ2) is 16.0. The molecule has 6 aromatic heterocycles. The number of halogens is 3. The molecule has 0 unspecified atom stereocenters. The van der Waals surface area contributed by atoms with E-state index in [0.29, 0.717) is 50.4 Å². The topological polar surface area (TPSA) is 158 Å². The highest BCUT2D eigenvalue weighted by molar-refractivity contribution is 9.10. The highest BCUT2D eigenvalue weighted by Gasteiger charge is 2.52. The molecular formula is C42H40BBrF2N10O2. The third kappa shape index (κ3) is 8.44. The van der Waals surface area contributed by atoms with Crippen molar-refractivity contribution in [2.24, 2.45) is 0 Å². The number of aromatic nitrogens is 8. The number of anilines is 2. The summed E-state index contributed by atoms with van der Waals surface area (Å²) in [4.78, 5) is 16.8. The van der Waals surface area contributed by atoms with Gasteiger partial charge in [0.1, 0.15) is 11.6 Å². The first-order chi connectivity index (χ1) is 27.6. The summed E-state index contributed by atoms with van der Waals surface area (Å²) in [7, 11) is -0.766. The molecule has 16 heteroatoms. The fraction of sp³-hybridized carbons (Fsp3) is 0.190. The van der Waals surface area contributed by atoms with Crippen molar-refractivity contribution in [3.63, 3.8) is 0 Å². The van der Waals surface area contributed by atoms with Gasteiger partial charge in [0.2, 0.25) is 0 Å². The molecule has 1 aliphatic heterocycles. The average Bonchev–Trinajstić information content (AvgIpc) is 3.83. The van der Waals surface area contributed by atoms with Crippen molar-refractivity contribution in [2.75, 3.05) is 11.5 Å². The Labute approximate surface area is 342 Å². The van der Waals surface area contributed by atoms with E-state index in [1.807, 2.05) is 77.9 Å². The summed E-state index contributed by atoms with van der Waals surface area (Å²) in [5.74, 6) is 0.666. The number of rotatable bonds is 4. The largest absolute Gasteiger partial charge is 0.497 e. The van der Waals surface area contributed by atoms with Crippen molar-refractivity contribution in [3.05, 3.63) is 137 Å². The second-order valence-corrected chi connectivity index (χ2v) is 15.7. The summed E-state index contributed by atoms with van der Waals surface area (Å²) < 4.78 is 45.6. The first kappa shape index (κ1) is 40.1. The molecule has 4 N–H and O–H groups in total. The molecule has 8 aromatic rings. The van der Waals surface area contributed by atoms with Gasteiger partial charge in [-0.1, -0.05) is 12.1 Å². The van der Waals surface area contributed by atoms with Gasteiger partial charge in [0.25, 0.3) is 0 Å². The fourth-order valence-electron chi connectivity index (χ4n) is 6.17. The molecule has 0 amide bonds. The smallest absolute Gasteiger partial charge is 0.399 e. The molecule has 1 fully saturated rings. The molecule has 294 valence electrons. The maximum atomic E-state index is 14.7. The van der Waals surface area contributed by atoms with Crippen LogP contribution in [0.25, 0.3) is 44.6 Å². The van der Waals surface area contributed by atoms with E-state index in [2.05, 4.69) is 46.1 Å². The standard InChI is InChI=1S/C19H21BFN3O2.C18H14FN5.C5H5BrN2/c1-12-7-6-8-17(23-12)24-16-10-14(15(21)9-13(16)11-22-24)20-25-18(2,3)19(4,5)26-20;1-11-3-2-4-18(23-11)24-17-7-15(12-5-14(20)10-21-8-12)16(19)6-13(17)9-22-24;6-4-1-5(7)3-8-2-4/h6-11H,1-5H3;2-10H,20H2,1H3;1-3H,7H2. The van der Waals surface area contributed by atoms with Crippen LogP contribution in [0.3, 0.4) is 0 Å². The minimum Gasteiger partial charge on any atom is -0.399 e. The van der Waals surface area contributed by atoms with Crippen molar-refractivity contribution in [1.29, 1.82) is 0 Å². The van der Waals surface area contributed by atoms with Crippen LogP contribution in [0.4, 0.5) is 20.2 Å². The number of aryl methyl sites for hydroxylation is 2. The summed E-state index contributed by atoms with van der Waals surface area (Å²) in [5.41, 5.74) is 16.0. The maximum Gasteiger partial charge on any atom is 0.497 e. The Bertz CT molecular complexity index is 2740. The first-order valence-corrected chi connectivity index (χ1v) is 19.0. The van der Waals surface area contributed by atoms with Crippen LogP contribution in [0.5, 0.6) is 0 Å². The number of nitrogen functional groups attached to an aromatic ring is 2. The van der Waals surface area contributed by atoms with Gasteiger partial charge in [0.05, 0.1) is 46.0 Å². The van der Waals surface area contributed by atoms with Crippen molar-refractivity contribution in [2.45, 2.75) is 52.7 Å². The molecule has 58 heavy (non-hydrogen) atoms. The number of nitrogens with two attached hydrogens (primary N) is 2. The zero-order chi connectivity index (χ0) is 41.4. The molecule has 0 radical (unpaired) electrons. The molecule has 1 aliphatic rings. The Morgan fingerprint density at radius 3 is 1.66 bits per heavy atom. The molecule has 0 bridgehead atoms. The van der Waals surface area contributed by atoms with E-state index in [-0.39, 0.29) is 11.6 Å². The molecule has 2 aromatic carbocycles. The number of benzene rings is 2. The van der Waals surface area contributed by atoms with Gasteiger partial charge in [-0.2, -0.15) is 10.2 Å². The molecule has 0 atom stereocenters. The Morgan fingerprint density at radius 2 is 1.16 bits per heavy atom. The van der Waals surface area contributed by atoms with Crippen LogP contribution >= 0.6 is 15.9 Å². The normalized spacial score (nSPS) is 14.2. The van der Waals surface area contributed by atoms with Gasteiger partial charge in [-0.3, -0.25) is 9.97 Å². The van der Waals surface area contributed by atoms with Crippen LogP contribution in [0.1, 0.15) is 39.1 Å². The number of fused-ring (bicyclic) bond motifs is 2. The molecule has 7 heterocycles. The van der Waals surface area contributed by atoms with Crippen LogP contribution in [0.15, 0.2) is 114 Å². The molecule has 0 spiro atoms. The average molecular weight is 846 g/mol. The number of hydrogen-bond acceptors (Lipinski definition) is 10. The lowest BCUT2D eigenvalue weighted by molar-refractivity contribution is 0.00578. The maximum absolute atomic E-state index is 14.7. The SMILES string of the molecule is Cc1cccc(-n2ncc3cc(F)c(-c4cncc(N)c4)cc32)n1.Cc1cccc(-n2ncc3cc(F)c(B4OC(C)(C)C(C)(C)O4)cc32)n1.Nc1cncc(Br)c1. The van der Waals surface area contributed by atoms with Crippen LogP contribution in [-0.4, -0.2) is 57.8 Å². The number of pyridine rings is 4. The van der Waals surface area contributed by atoms with Crippen LogP contribution in [0, 0.1) is 25.5 Å². The van der Waals surface area contributed by atoms with Crippen molar-refractivity contribution >= 4 is 61.7 Å². The fourth-order valence-corrected chi connectivity index (χ4v) is 6.55. The summed E-state index contributed by atoms with van der Waals surface area (Å²) in [6, 6.07) is 21.3. The molecule has 12 nitrogen and oxygen atoms in total. The van der Waals surface area contributed by atoms with E-state index >= 15 is 0 Å². The van der Waals surface area contributed by atoms with E-state index in [1.165, 1.54) is 18.3 Å².